The molecule has 12 heteroatoms. The van der Waals surface area contributed by atoms with E-state index in [9.17, 15) is 26.4 Å². The van der Waals surface area contributed by atoms with Gasteiger partial charge in [0.15, 0.2) is 0 Å². The minimum absolute atomic E-state index is 0.0724. The zero-order valence-corrected chi connectivity index (χ0v) is 17.6. The molecule has 0 radical (unpaired) electrons. The van der Waals surface area contributed by atoms with Gasteiger partial charge in [0.05, 0.1) is 23.4 Å². The number of ether oxygens (including phenoxy) is 1. The first-order valence-corrected chi connectivity index (χ1v) is 10.3. The van der Waals surface area contributed by atoms with Crippen molar-refractivity contribution in [3.63, 3.8) is 0 Å². The number of benzene rings is 2. The number of likely N-dealkylation sites (N-methyl/N-ethyl adjacent to an activating group) is 1. The number of hydrogen-bond donors (Lipinski definition) is 1. The zero-order chi connectivity index (χ0) is 23.0. The SMILES string of the molecule is COc1ccc(C2=NS(=O)(=O)N(C)C(C(=O)Nc3cccc(C(F)(F)F)c3)=C2)cc1Cl. The van der Waals surface area contributed by atoms with Gasteiger partial charge in [0, 0.05) is 18.3 Å². The van der Waals surface area contributed by atoms with Crippen LogP contribution in [0, 0.1) is 0 Å². The maximum atomic E-state index is 12.9. The molecule has 1 N–H and O–H groups in total. The largest absolute Gasteiger partial charge is 0.495 e. The van der Waals surface area contributed by atoms with Gasteiger partial charge in [-0.25, -0.2) is 4.31 Å². The fourth-order valence-electron chi connectivity index (χ4n) is 2.70. The number of anilines is 1. The summed E-state index contributed by atoms with van der Waals surface area (Å²) in [5.74, 6) is -0.578. The molecule has 1 aliphatic heterocycles. The van der Waals surface area contributed by atoms with Crippen molar-refractivity contribution in [1.82, 2.24) is 4.31 Å². The summed E-state index contributed by atoms with van der Waals surface area (Å²) in [5.41, 5.74) is -1.22. The molecular weight excluding hydrogens is 459 g/mol. The summed E-state index contributed by atoms with van der Waals surface area (Å²) in [6.45, 7) is 0. The Morgan fingerprint density at radius 3 is 2.52 bits per heavy atom. The minimum atomic E-state index is -4.60. The molecule has 1 aliphatic rings. The zero-order valence-electron chi connectivity index (χ0n) is 16.1. The first-order valence-electron chi connectivity index (χ1n) is 8.55. The van der Waals surface area contributed by atoms with E-state index in [1.165, 1.54) is 37.5 Å². The van der Waals surface area contributed by atoms with Gasteiger partial charge in [-0.1, -0.05) is 17.7 Å². The molecule has 164 valence electrons. The van der Waals surface area contributed by atoms with E-state index in [1.54, 1.807) is 0 Å². The van der Waals surface area contributed by atoms with E-state index in [1.807, 2.05) is 0 Å². The van der Waals surface area contributed by atoms with Gasteiger partial charge in [0.2, 0.25) is 0 Å². The van der Waals surface area contributed by atoms with Gasteiger partial charge in [0.25, 0.3) is 5.91 Å². The maximum Gasteiger partial charge on any atom is 0.416 e. The van der Waals surface area contributed by atoms with Crippen molar-refractivity contribution in [2.24, 2.45) is 4.40 Å². The molecule has 1 amide bonds. The molecule has 0 saturated heterocycles. The number of allylic oxidation sites excluding steroid dienone is 1. The second-order valence-corrected chi connectivity index (χ2v) is 8.37. The number of methoxy groups -OCH3 is 1. The lowest BCUT2D eigenvalue weighted by Gasteiger charge is -2.24. The van der Waals surface area contributed by atoms with Gasteiger partial charge in [-0.05, 0) is 42.5 Å². The molecule has 31 heavy (non-hydrogen) atoms. The molecule has 3 rings (SSSR count). The maximum absolute atomic E-state index is 12.9. The number of carbonyl (C=O) groups is 1. The predicted molar refractivity (Wildman–Crippen MR) is 109 cm³/mol. The lowest BCUT2D eigenvalue weighted by molar-refractivity contribution is -0.137. The molecule has 2 aromatic rings. The number of halogens is 4. The Morgan fingerprint density at radius 2 is 1.90 bits per heavy atom. The Morgan fingerprint density at radius 1 is 1.19 bits per heavy atom. The van der Waals surface area contributed by atoms with Crippen LogP contribution in [0.5, 0.6) is 5.75 Å². The van der Waals surface area contributed by atoms with Gasteiger partial charge >= 0.3 is 16.4 Å². The molecule has 7 nitrogen and oxygen atoms in total. The van der Waals surface area contributed by atoms with E-state index < -0.39 is 27.9 Å². The van der Waals surface area contributed by atoms with Gasteiger partial charge in [-0.3, -0.25) is 4.79 Å². The highest BCUT2D eigenvalue weighted by Crippen LogP contribution is 2.31. The highest BCUT2D eigenvalue weighted by atomic mass is 35.5. The van der Waals surface area contributed by atoms with E-state index in [0.29, 0.717) is 15.6 Å². The fraction of sp³-hybridized carbons (Fsp3) is 0.158. The quantitative estimate of drug-likeness (QED) is 0.730. The molecule has 0 fully saturated rings. The van der Waals surface area contributed by atoms with Crippen LogP contribution < -0.4 is 10.1 Å². The number of nitrogens with one attached hydrogen (secondary N) is 1. The molecule has 0 aromatic heterocycles. The van der Waals surface area contributed by atoms with Crippen LogP contribution in [0.2, 0.25) is 5.02 Å². The number of rotatable bonds is 4. The van der Waals surface area contributed by atoms with Crippen molar-refractivity contribution in [1.29, 1.82) is 0 Å². The van der Waals surface area contributed by atoms with Gasteiger partial charge in [-0.15, -0.1) is 4.40 Å². The number of amides is 1. The molecule has 0 saturated carbocycles. The Balaban J connectivity index is 1.97. The predicted octanol–water partition coefficient (Wildman–Crippen LogP) is 3.87. The first-order chi connectivity index (χ1) is 14.4. The van der Waals surface area contributed by atoms with E-state index in [0.717, 1.165) is 25.2 Å². The molecule has 0 unspecified atom stereocenters. The second-order valence-electron chi connectivity index (χ2n) is 6.33. The normalized spacial score (nSPS) is 15.7. The number of nitrogens with zero attached hydrogens (tertiary/aromatic N) is 2. The van der Waals surface area contributed by atoms with Crippen LogP contribution in [0.15, 0.2) is 58.6 Å². The van der Waals surface area contributed by atoms with Crippen LogP contribution in [-0.2, 0) is 21.2 Å². The van der Waals surface area contributed by atoms with Crippen LogP contribution in [-0.4, -0.2) is 38.5 Å². The third-order valence-corrected chi connectivity index (χ3v) is 5.91. The topological polar surface area (TPSA) is 88.1 Å². The Hall–Kier alpha value is -3.05. The highest BCUT2D eigenvalue weighted by molar-refractivity contribution is 7.88. The molecular formula is C19H15ClF3N3O4S. The Bertz CT molecular complexity index is 1210. The molecule has 0 atom stereocenters. The van der Waals surface area contributed by atoms with Crippen molar-refractivity contribution >= 4 is 39.1 Å². The first kappa shape index (κ1) is 22.6. The van der Waals surface area contributed by atoms with Crippen LogP contribution in [0.1, 0.15) is 11.1 Å². The van der Waals surface area contributed by atoms with Crippen molar-refractivity contribution in [2.75, 3.05) is 19.5 Å². The smallest absolute Gasteiger partial charge is 0.416 e. The number of hydrogen-bond acceptors (Lipinski definition) is 4. The molecule has 1 heterocycles. The number of carbonyl (C=O) groups excluding carboxylic acids is 1. The van der Waals surface area contributed by atoms with Crippen LogP contribution in [0.25, 0.3) is 0 Å². The van der Waals surface area contributed by atoms with E-state index >= 15 is 0 Å². The molecule has 0 bridgehead atoms. The third kappa shape index (κ3) is 4.83. The lowest BCUT2D eigenvalue weighted by Crippen LogP contribution is -2.35. The third-order valence-electron chi connectivity index (χ3n) is 4.30. The molecule has 0 aliphatic carbocycles. The summed E-state index contributed by atoms with van der Waals surface area (Å²) in [7, 11) is -1.75. The summed E-state index contributed by atoms with van der Waals surface area (Å²) in [6, 6.07) is 8.39. The fourth-order valence-corrected chi connectivity index (χ4v) is 3.87. The summed E-state index contributed by atoms with van der Waals surface area (Å²) in [6.07, 6.45) is -3.40. The highest BCUT2D eigenvalue weighted by Gasteiger charge is 2.32. The van der Waals surface area contributed by atoms with Crippen LogP contribution in [0.4, 0.5) is 18.9 Å². The van der Waals surface area contributed by atoms with E-state index in [-0.39, 0.29) is 22.1 Å². The molecule has 2 aromatic carbocycles. The average Bonchev–Trinajstić information content (AvgIpc) is 2.69. The average molecular weight is 474 g/mol. The summed E-state index contributed by atoms with van der Waals surface area (Å²) >= 11 is 6.07. The van der Waals surface area contributed by atoms with Crippen molar-refractivity contribution in [2.45, 2.75) is 6.18 Å². The molecule has 0 spiro atoms. The van der Waals surface area contributed by atoms with Gasteiger partial charge < -0.3 is 10.1 Å². The minimum Gasteiger partial charge on any atom is -0.495 e. The second kappa shape index (κ2) is 8.23. The van der Waals surface area contributed by atoms with Crippen LogP contribution in [0.3, 0.4) is 0 Å². The van der Waals surface area contributed by atoms with Crippen molar-refractivity contribution in [3.05, 3.63) is 70.4 Å². The lowest BCUT2D eigenvalue weighted by atomic mass is 10.1. The van der Waals surface area contributed by atoms with Crippen molar-refractivity contribution in [3.8, 4) is 5.75 Å². The standard InChI is InChI=1S/C19H15ClF3N3O4S/c1-26-16(18(27)24-13-5-3-4-12(9-13)19(21,22)23)10-15(25-31(26,28)29)11-6-7-17(30-2)14(20)8-11/h3-10H,1-2H3,(H,24,27). The van der Waals surface area contributed by atoms with Gasteiger partial charge in [0.1, 0.15) is 11.4 Å². The Kier molecular flexibility index (Phi) is 6.01. The summed E-state index contributed by atoms with van der Waals surface area (Å²) in [4.78, 5) is 12.7. The summed E-state index contributed by atoms with van der Waals surface area (Å²) < 4.78 is 72.9. The summed E-state index contributed by atoms with van der Waals surface area (Å²) in [5, 5.41) is 2.48. The van der Waals surface area contributed by atoms with Crippen molar-refractivity contribution < 1.29 is 31.1 Å². The van der Waals surface area contributed by atoms with E-state index in [2.05, 4.69) is 9.71 Å². The van der Waals surface area contributed by atoms with Crippen LogP contribution >= 0.6 is 11.6 Å². The monoisotopic (exact) mass is 473 g/mol. The Labute approximate surface area is 181 Å². The van der Waals surface area contributed by atoms with E-state index in [4.69, 9.17) is 16.3 Å². The number of alkyl halides is 3. The van der Waals surface area contributed by atoms with Gasteiger partial charge in [-0.2, -0.15) is 21.6 Å².